The molecule has 6 heteroatoms. The van der Waals surface area contributed by atoms with Crippen LogP contribution in [0.5, 0.6) is 0 Å². The maximum absolute atomic E-state index is 12.7. The molecular formula is C24H25N3O2S. The quantitative estimate of drug-likeness (QED) is 0.653. The number of hydrogen-bond acceptors (Lipinski definition) is 4. The molecule has 154 valence electrons. The lowest BCUT2D eigenvalue weighted by atomic mass is 9.95. The Bertz CT molecular complexity index is 1050. The average molecular weight is 420 g/mol. The summed E-state index contributed by atoms with van der Waals surface area (Å²) in [7, 11) is 0. The second-order valence-corrected chi connectivity index (χ2v) is 8.62. The largest absolute Gasteiger partial charge is 0.338 e. The van der Waals surface area contributed by atoms with Gasteiger partial charge >= 0.3 is 0 Å². The van der Waals surface area contributed by atoms with Crippen molar-refractivity contribution in [1.82, 2.24) is 9.88 Å². The first-order valence-electron chi connectivity index (χ1n) is 10.2. The molecule has 4 rings (SSSR count). The van der Waals surface area contributed by atoms with Crippen LogP contribution in [-0.2, 0) is 4.79 Å². The fourth-order valence-corrected chi connectivity index (χ4v) is 4.58. The van der Waals surface area contributed by atoms with Crippen molar-refractivity contribution in [2.45, 2.75) is 26.7 Å². The molecule has 0 bridgehead atoms. The predicted molar refractivity (Wildman–Crippen MR) is 121 cm³/mol. The van der Waals surface area contributed by atoms with Crippen molar-refractivity contribution in [3.05, 3.63) is 70.2 Å². The van der Waals surface area contributed by atoms with E-state index < -0.39 is 0 Å². The number of amides is 2. The fraction of sp³-hybridized carbons (Fsp3) is 0.292. The van der Waals surface area contributed by atoms with Gasteiger partial charge in [-0.25, -0.2) is 4.98 Å². The topological polar surface area (TPSA) is 62.3 Å². The summed E-state index contributed by atoms with van der Waals surface area (Å²) < 4.78 is 0. The number of carbonyl (C=O) groups excluding carboxylic acids is 2. The molecule has 5 nitrogen and oxygen atoms in total. The predicted octanol–water partition coefficient (Wildman–Crippen LogP) is 4.92. The number of aryl methyl sites for hydroxylation is 2. The molecule has 30 heavy (non-hydrogen) atoms. The average Bonchev–Trinajstić information content (AvgIpc) is 3.19. The molecule has 1 aliphatic heterocycles. The minimum atomic E-state index is -0.0759. The number of piperidine rings is 1. The summed E-state index contributed by atoms with van der Waals surface area (Å²) in [5.74, 6) is -0.0203. The Morgan fingerprint density at radius 3 is 2.40 bits per heavy atom. The van der Waals surface area contributed by atoms with Crippen LogP contribution in [0.15, 0.2) is 54.0 Å². The highest BCUT2D eigenvalue weighted by Gasteiger charge is 2.29. The maximum Gasteiger partial charge on any atom is 0.265 e. The Kier molecular flexibility index (Phi) is 5.95. The first kappa shape index (κ1) is 20.3. The molecule has 0 radical (unpaired) electrons. The van der Waals surface area contributed by atoms with E-state index in [0.29, 0.717) is 30.8 Å². The third kappa shape index (κ3) is 4.44. The molecule has 1 N–H and O–H groups in total. The third-order valence-electron chi connectivity index (χ3n) is 5.60. The Balaban J connectivity index is 1.33. The molecule has 0 saturated carbocycles. The summed E-state index contributed by atoms with van der Waals surface area (Å²) in [6.45, 7) is 5.13. The fourth-order valence-electron chi connectivity index (χ4n) is 3.81. The zero-order valence-electron chi connectivity index (χ0n) is 17.2. The number of hydrogen-bond donors (Lipinski definition) is 1. The summed E-state index contributed by atoms with van der Waals surface area (Å²) in [6, 6.07) is 16.3. The molecule has 0 spiro atoms. The molecule has 0 atom stereocenters. The van der Waals surface area contributed by atoms with Gasteiger partial charge in [-0.05, 0) is 49.9 Å². The third-order valence-corrected chi connectivity index (χ3v) is 6.51. The molecule has 2 aromatic carbocycles. The van der Waals surface area contributed by atoms with Gasteiger partial charge in [0, 0.05) is 24.7 Å². The smallest absolute Gasteiger partial charge is 0.265 e. The lowest BCUT2D eigenvalue weighted by Crippen LogP contribution is -2.41. The van der Waals surface area contributed by atoms with Crippen molar-refractivity contribution < 1.29 is 9.59 Å². The van der Waals surface area contributed by atoms with Crippen molar-refractivity contribution in [1.29, 1.82) is 0 Å². The number of nitrogens with one attached hydrogen (secondary N) is 1. The zero-order chi connectivity index (χ0) is 21.1. The summed E-state index contributed by atoms with van der Waals surface area (Å²) in [4.78, 5) is 32.0. The molecule has 1 fully saturated rings. The van der Waals surface area contributed by atoms with E-state index in [-0.39, 0.29) is 17.7 Å². The van der Waals surface area contributed by atoms with Gasteiger partial charge in [0.1, 0.15) is 4.88 Å². The van der Waals surface area contributed by atoms with Crippen LogP contribution in [0.4, 0.5) is 5.69 Å². The van der Waals surface area contributed by atoms with E-state index in [0.717, 1.165) is 16.9 Å². The van der Waals surface area contributed by atoms with E-state index in [9.17, 15) is 9.59 Å². The van der Waals surface area contributed by atoms with Gasteiger partial charge in [0.15, 0.2) is 0 Å². The van der Waals surface area contributed by atoms with Gasteiger partial charge < -0.3 is 10.2 Å². The minimum absolute atomic E-state index is 0.0272. The van der Waals surface area contributed by atoms with E-state index in [1.165, 1.54) is 22.5 Å². The number of aromatic nitrogens is 1. The zero-order valence-corrected chi connectivity index (χ0v) is 18.0. The number of carbonyl (C=O) groups is 2. The van der Waals surface area contributed by atoms with Gasteiger partial charge in [0.25, 0.3) is 5.91 Å². The molecule has 2 amide bonds. The summed E-state index contributed by atoms with van der Waals surface area (Å²) in [5, 5.41) is 3.03. The Hall–Kier alpha value is -2.99. The summed E-state index contributed by atoms with van der Waals surface area (Å²) in [6.07, 6.45) is 1.35. The van der Waals surface area contributed by atoms with E-state index in [1.54, 1.807) is 5.51 Å². The first-order chi connectivity index (χ1) is 14.5. The van der Waals surface area contributed by atoms with Crippen LogP contribution < -0.4 is 5.32 Å². The van der Waals surface area contributed by atoms with Crippen LogP contribution in [0.1, 0.15) is 33.8 Å². The van der Waals surface area contributed by atoms with Crippen molar-refractivity contribution in [2.24, 2.45) is 5.92 Å². The molecular weight excluding hydrogens is 394 g/mol. The van der Waals surface area contributed by atoms with Crippen LogP contribution >= 0.6 is 11.3 Å². The second kappa shape index (κ2) is 8.79. The van der Waals surface area contributed by atoms with Crippen molar-refractivity contribution in [3.63, 3.8) is 0 Å². The van der Waals surface area contributed by atoms with Gasteiger partial charge in [-0.15, -0.1) is 11.3 Å². The summed E-state index contributed by atoms with van der Waals surface area (Å²) >= 11 is 1.38. The van der Waals surface area contributed by atoms with Gasteiger partial charge in [-0.1, -0.05) is 42.0 Å². The highest BCUT2D eigenvalue weighted by molar-refractivity contribution is 7.11. The second-order valence-electron chi connectivity index (χ2n) is 7.77. The highest BCUT2D eigenvalue weighted by atomic mass is 32.1. The van der Waals surface area contributed by atoms with Crippen LogP contribution in [0, 0.1) is 19.8 Å². The van der Waals surface area contributed by atoms with Crippen molar-refractivity contribution in [2.75, 3.05) is 18.4 Å². The summed E-state index contributed by atoms with van der Waals surface area (Å²) in [5.41, 5.74) is 6.80. The molecule has 1 saturated heterocycles. The van der Waals surface area contributed by atoms with Crippen LogP contribution in [-0.4, -0.2) is 34.8 Å². The lowest BCUT2D eigenvalue weighted by Gasteiger charge is -2.31. The lowest BCUT2D eigenvalue weighted by molar-refractivity contribution is -0.121. The normalized spacial score (nSPS) is 14.5. The monoisotopic (exact) mass is 419 g/mol. The van der Waals surface area contributed by atoms with Crippen LogP contribution in [0.3, 0.4) is 0 Å². The first-order valence-corrected chi connectivity index (χ1v) is 11.1. The van der Waals surface area contributed by atoms with Crippen LogP contribution in [0.2, 0.25) is 0 Å². The number of thiazole rings is 1. The number of benzene rings is 2. The van der Waals surface area contributed by atoms with Gasteiger partial charge in [0.05, 0.1) is 11.2 Å². The van der Waals surface area contributed by atoms with Crippen molar-refractivity contribution in [3.8, 4) is 11.1 Å². The number of nitrogens with zero attached hydrogens (tertiary/aromatic N) is 2. The highest BCUT2D eigenvalue weighted by Crippen LogP contribution is 2.25. The van der Waals surface area contributed by atoms with Crippen molar-refractivity contribution >= 4 is 28.8 Å². The van der Waals surface area contributed by atoms with E-state index in [4.69, 9.17) is 0 Å². The number of anilines is 1. The molecule has 1 aromatic heterocycles. The Morgan fingerprint density at radius 2 is 1.77 bits per heavy atom. The van der Waals surface area contributed by atoms with Gasteiger partial charge in [-0.2, -0.15) is 0 Å². The molecule has 0 aliphatic carbocycles. The Morgan fingerprint density at radius 1 is 1.03 bits per heavy atom. The maximum atomic E-state index is 12.7. The minimum Gasteiger partial charge on any atom is -0.338 e. The van der Waals surface area contributed by atoms with Gasteiger partial charge in [-0.3, -0.25) is 9.59 Å². The number of rotatable bonds is 4. The molecule has 1 aliphatic rings. The van der Waals surface area contributed by atoms with Gasteiger partial charge in [0.2, 0.25) is 5.91 Å². The van der Waals surface area contributed by atoms with Crippen LogP contribution in [0.25, 0.3) is 11.1 Å². The molecule has 2 heterocycles. The standard InChI is InChI=1S/C24H25N3O2S/c1-16-4-3-5-20(14-16)18-6-8-21(9-7-18)26-23(28)19-10-12-27(13-11-19)24(29)22-17(2)25-15-30-22/h3-9,14-15,19H,10-13H2,1-2H3,(H,26,28). The Labute approximate surface area is 180 Å². The molecule has 0 unspecified atom stereocenters. The molecule has 3 aromatic rings. The number of likely N-dealkylation sites (tertiary alicyclic amines) is 1. The van der Waals surface area contributed by atoms with E-state index >= 15 is 0 Å². The van der Waals surface area contributed by atoms with E-state index in [2.05, 4.69) is 35.4 Å². The SMILES string of the molecule is Cc1cccc(-c2ccc(NC(=O)C3CCN(C(=O)c4scnc4C)CC3)cc2)c1. The van der Waals surface area contributed by atoms with E-state index in [1.807, 2.05) is 42.2 Å².